The third kappa shape index (κ3) is 2.86. The lowest BCUT2D eigenvalue weighted by Crippen LogP contribution is -2.51. The van der Waals surface area contributed by atoms with Gasteiger partial charge in [0.05, 0.1) is 12.2 Å². The molecular weight excluding hydrogens is 233 g/mol. The summed E-state index contributed by atoms with van der Waals surface area (Å²) < 4.78 is 13.6. The third-order valence-corrected chi connectivity index (χ3v) is 3.12. The number of piperazine rings is 1. The highest BCUT2D eigenvalue weighted by Gasteiger charge is 2.26. The molecule has 0 atom stereocenters. The second-order valence-corrected chi connectivity index (χ2v) is 4.38. The molecule has 1 aromatic rings. The van der Waals surface area contributed by atoms with Gasteiger partial charge in [-0.1, -0.05) is 12.1 Å². The van der Waals surface area contributed by atoms with Crippen LogP contribution in [0.25, 0.3) is 0 Å². The van der Waals surface area contributed by atoms with E-state index in [9.17, 15) is 9.18 Å². The molecule has 0 saturated carbocycles. The summed E-state index contributed by atoms with van der Waals surface area (Å²) in [6.07, 6.45) is 0. The SMILES string of the molecule is CNCCN1CCN(c2ccccc2F)C(=O)C1. The number of carbonyl (C=O) groups is 1. The van der Waals surface area contributed by atoms with E-state index in [4.69, 9.17) is 0 Å². The molecule has 0 radical (unpaired) electrons. The molecule has 0 bridgehead atoms. The maximum Gasteiger partial charge on any atom is 0.241 e. The molecule has 18 heavy (non-hydrogen) atoms. The quantitative estimate of drug-likeness (QED) is 0.855. The first kappa shape index (κ1) is 13.0. The van der Waals surface area contributed by atoms with Gasteiger partial charge in [0.1, 0.15) is 5.82 Å². The Morgan fingerprint density at radius 3 is 2.78 bits per heavy atom. The van der Waals surface area contributed by atoms with Gasteiger partial charge in [-0.25, -0.2) is 4.39 Å². The first-order chi connectivity index (χ1) is 8.72. The fourth-order valence-corrected chi connectivity index (χ4v) is 2.11. The van der Waals surface area contributed by atoms with Crippen LogP contribution in [0.2, 0.25) is 0 Å². The highest BCUT2D eigenvalue weighted by atomic mass is 19.1. The number of rotatable bonds is 4. The summed E-state index contributed by atoms with van der Waals surface area (Å²) in [6, 6.07) is 6.41. The number of hydrogen-bond donors (Lipinski definition) is 1. The van der Waals surface area contributed by atoms with E-state index in [-0.39, 0.29) is 11.7 Å². The summed E-state index contributed by atoms with van der Waals surface area (Å²) in [6.45, 7) is 3.38. The molecular formula is C13H18FN3O. The fourth-order valence-electron chi connectivity index (χ4n) is 2.11. The standard InChI is InChI=1S/C13H18FN3O/c1-15-6-7-16-8-9-17(13(18)10-16)12-5-3-2-4-11(12)14/h2-5,15H,6-10H2,1H3. The van der Waals surface area contributed by atoms with Gasteiger partial charge in [-0.3, -0.25) is 9.69 Å². The molecule has 1 aliphatic rings. The molecule has 98 valence electrons. The number of carbonyl (C=O) groups excluding carboxylic acids is 1. The second-order valence-electron chi connectivity index (χ2n) is 4.38. The van der Waals surface area contributed by atoms with Gasteiger partial charge in [-0.2, -0.15) is 0 Å². The monoisotopic (exact) mass is 251 g/mol. The van der Waals surface area contributed by atoms with Crippen LogP contribution in [-0.4, -0.2) is 50.6 Å². The largest absolute Gasteiger partial charge is 0.318 e. The number of nitrogens with zero attached hydrogens (tertiary/aromatic N) is 2. The summed E-state index contributed by atoms with van der Waals surface area (Å²) in [4.78, 5) is 15.6. The Hall–Kier alpha value is -1.46. The molecule has 0 spiro atoms. The minimum atomic E-state index is -0.338. The van der Waals surface area contributed by atoms with Crippen LogP contribution >= 0.6 is 0 Å². The van der Waals surface area contributed by atoms with Gasteiger partial charge in [0.25, 0.3) is 0 Å². The van der Waals surface area contributed by atoms with E-state index < -0.39 is 0 Å². The second kappa shape index (κ2) is 5.93. The van der Waals surface area contributed by atoms with Crippen molar-refractivity contribution in [3.63, 3.8) is 0 Å². The predicted molar refractivity (Wildman–Crippen MR) is 69.1 cm³/mol. The smallest absolute Gasteiger partial charge is 0.241 e. The zero-order valence-corrected chi connectivity index (χ0v) is 10.5. The fraction of sp³-hybridized carbons (Fsp3) is 0.462. The summed E-state index contributed by atoms with van der Waals surface area (Å²) in [5.41, 5.74) is 0.385. The lowest BCUT2D eigenvalue weighted by Gasteiger charge is -2.34. The number of benzene rings is 1. The summed E-state index contributed by atoms with van der Waals surface area (Å²) in [5.74, 6) is -0.378. The van der Waals surface area contributed by atoms with Crippen LogP contribution in [0.5, 0.6) is 0 Å². The maximum atomic E-state index is 13.6. The lowest BCUT2D eigenvalue weighted by atomic mass is 10.2. The zero-order chi connectivity index (χ0) is 13.0. The van der Waals surface area contributed by atoms with E-state index in [2.05, 4.69) is 10.2 Å². The number of nitrogens with one attached hydrogen (secondary N) is 1. The van der Waals surface area contributed by atoms with Crippen LogP contribution in [-0.2, 0) is 4.79 Å². The number of amides is 1. The van der Waals surface area contributed by atoms with Crippen molar-refractivity contribution in [3.8, 4) is 0 Å². The Labute approximate surface area is 106 Å². The minimum Gasteiger partial charge on any atom is -0.318 e. The topological polar surface area (TPSA) is 35.6 Å². The van der Waals surface area contributed by atoms with Crippen molar-refractivity contribution in [2.75, 3.05) is 44.7 Å². The predicted octanol–water partition coefficient (Wildman–Crippen LogP) is 0.694. The van der Waals surface area contributed by atoms with Crippen molar-refractivity contribution in [2.45, 2.75) is 0 Å². The van der Waals surface area contributed by atoms with Crippen molar-refractivity contribution in [3.05, 3.63) is 30.1 Å². The first-order valence-electron chi connectivity index (χ1n) is 6.14. The van der Waals surface area contributed by atoms with E-state index in [0.29, 0.717) is 18.8 Å². The number of para-hydroxylation sites is 1. The van der Waals surface area contributed by atoms with Gasteiger partial charge in [-0.05, 0) is 19.2 Å². The van der Waals surface area contributed by atoms with Crippen molar-refractivity contribution >= 4 is 11.6 Å². The number of hydrogen-bond acceptors (Lipinski definition) is 3. The van der Waals surface area contributed by atoms with Crippen LogP contribution in [0.4, 0.5) is 10.1 Å². The number of likely N-dealkylation sites (N-methyl/N-ethyl adjacent to an activating group) is 1. The van der Waals surface area contributed by atoms with Gasteiger partial charge in [0.15, 0.2) is 0 Å². The summed E-state index contributed by atoms with van der Waals surface area (Å²) in [5, 5.41) is 3.06. The van der Waals surface area contributed by atoms with E-state index in [1.165, 1.54) is 11.0 Å². The van der Waals surface area contributed by atoms with Crippen LogP contribution in [0.3, 0.4) is 0 Å². The van der Waals surface area contributed by atoms with Crippen LogP contribution in [0.15, 0.2) is 24.3 Å². The molecule has 0 aromatic heterocycles. The van der Waals surface area contributed by atoms with E-state index in [0.717, 1.165) is 19.6 Å². The van der Waals surface area contributed by atoms with Crippen molar-refractivity contribution in [2.24, 2.45) is 0 Å². The average molecular weight is 251 g/mol. The minimum absolute atomic E-state index is 0.0394. The summed E-state index contributed by atoms with van der Waals surface area (Å²) in [7, 11) is 1.89. The van der Waals surface area contributed by atoms with Gasteiger partial charge >= 0.3 is 0 Å². The Kier molecular flexibility index (Phi) is 4.28. The molecule has 5 heteroatoms. The molecule has 1 aliphatic heterocycles. The van der Waals surface area contributed by atoms with Gasteiger partial charge in [0.2, 0.25) is 5.91 Å². The Morgan fingerprint density at radius 1 is 1.33 bits per heavy atom. The van der Waals surface area contributed by atoms with Crippen LogP contribution in [0.1, 0.15) is 0 Å². The maximum absolute atomic E-state index is 13.6. The molecule has 0 unspecified atom stereocenters. The van der Waals surface area contributed by atoms with Crippen molar-refractivity contribution < 1.29 is 9.18 Å². The molecule has 0 aliphatic carbocycles. The molecule has 1 saturated heterocycles. The number of halogens is 1. The van der Waals surface area contributed by atoms with E-state index in [1.807, 2.05) is 7.05 Å². The third-order valence-electron chi connectivity index (χ3n) is 3.12. The molecule has 1 fully saturated rings. The van der Waals surface area contributed by atoms with Crippen LogP contribution < -0.4 is 10.2 Å². The molecule has 1 heterocycles. The molecule has 4 nitrogen and oxygen atoms in total. The first-order valence-corrected chi connectivity index (χ1v) is 6.14. The number of anilines is 1. The molecule has 1 amide bonds. The molecule has 2 rings (SSSR count). The average Bonchev–Trinajstić information content (AvgIpc) is 2.38. The van der Waals surface area contributed by atoms with Gasteiger partial charge in [-0.15, -0.1) is 0 Å². The molecule has 1 N–H and O–H groups in total. The highest BCUT2D eigenvalue weighted by molar-refractivity contribution is 5.95. The Bertz CT molecular complexity index is 424. The van der Waals surface area contributed by atoms with Crippen LogP contribution in [0, 0.1) is 5.82 Å². The van der Waals surface area contributed by atoms with Crippen molar-refractivity contribution in [1.29, 1.82) is 0 Å². The molecule has 1 aromatic carbocycles. The highest BCUT2D eigenvalue weighted by Crippen LogP contribution is 2.20. The Morgan fingerprint density at radius 2 is 2.11 bits per heavy atom. The van der Waals surface area contributed by atoms with E-state index >= 15 is 0 Å². The van der Waals surface area contributed by atoms with Gasteiger partial charge < -0.3 is 10.2 Å². The van der Waals surface area contributed by atoms with Crippen molar-refractivity contribution in [1.82, 2.24) is 10.2 Å². The zero-order valence-electron chi connectivity index (χ0n) is 10.5. The lowest BCUT2D eigenvalue weighted by molar-refractivity contribution is -0.121. The summed E-state index contributed by atoms with van der Waals surface area (Å²) >= 11 is 0. The van der Waals surface area contributed by atoms with Gasteiger partial charge in [0, 0.05) is 26.2 Å². The Balaban J connectivity index is 2.02. The normalized spacial score (nSPS) is 17.2. The van der Waals surface area contributed by atoms with E-state index in [1.54, 1.807) is 18.2 Å².